The maximum atomic E-state index is 13.1. The van der Waals surface area contributed by atoms with Crippen molar-refractivity contribution in [3.05, 3.63) is 65.0 Å². The van der Waals surface area contributed by atoms with Crippen LogP contribution in [-0.4, -0.2) is 82.6 Å². The highest BCUT2D eigenvalue weighted by Crippen LogP contribution is 2.27. The Bertz CT molecular complexity index is 1410. The number of aliphatic hydroxyl groups excluding tert-OH is 1. The Balaban J connectivity index is 1.77. The number of nitrogens with zero attached hydrogens (tertiary/aromatic N) is 3. The molecule has 2 aromatic carbocycles. The summed E-state index contributed by atoms with van der Waals surface area (Å²) in [5.41, 5.74) is -0.560. The second-order valence-corrected chi connectivity index (χ2v) is 12.3. The molecule has 2 N–H and O–H groups in total. The number of amides is 4. The first-order chi connectivity index (χ1) is 21.0. The average Bonchev–Trinajstić information content (AvgIpc) is 2.95. The van der Waals surface area contributed by atoms with E-state index in [4.69, 9.17) is 25.5 Å². The number of nitrogens with one attached hydrogen (secondary N) is 1. The molecule has 1 heterocycles. The number of ether oxygens (including phenoxy) is 4. The number of methoxy groups -OCH3 is 1. The van der Waals surface area contributed by atoms with E-state index in [1.807, 2.05) is 12.1 Å². The van der Waals surface area contributed by atoms with Crippen molar-refractivity contribution in [3.63, 3.8) is 0 Å². The van der Waals surface area contributed by atoms with Crippen molar-refractivity contribution in [2.75, 3.05) is 25.6 Å². The van der Waals surface area contributed by atoms with E-state index in [-0.39, 0.29) is 36.6 Å². The third-order valence-corrected chi connectivity index (χ3v) is 6.33. The molecule has 0 radical (unpaired) electrons. The molecule has 4 amide bonds. The molecule has 13 heteroatoms. The minimum atomic E-state index is -1.85. The number of imide groups is 1. The van der Waals surface area contributed by atoms with E-state index >= 15 is 0 Å². The van der Waals surface area contributed by atoms with Crippen molar-refractivity contribution in [1.29, 1.82) is 0 Å². The fourth-order valence-electron chi connectivity index (χ4n) is 4.25. The molecule has 0 aliphatic carbocycles. The molecule has 45 heavy (non-hydrogen) atoms. The number of hydrogen-bond acceptors (Lipinski definition) is 9. The van der Waals surface area contributed by atoms with Gasteiger partial charge in [-0.25, -0.2) is 19.3 Å². The SMILES string of the molecule is [C-]#[N+]c1ccc(NC(=O)[C@H](O)[C@H]2OCCN(Cc3ccc(OC)cc3)C2=O)cc1CN(C(=O)OC(C)(C)C)C(=O)OC(C)(C)C. The molecule has 0 aromatic heterocycles. The van der Waals surface area contributed by atoms with Crippen molar-refractivity contribution in [2.45, 2.75) is 78.0 Å². The predicted molar refractivity (Wildman–Crippen MR) is 164 cm³/mol. The van der Waals surface area contributed by atoms with Crippen LogP contribution in [0.1, 0.15) is 52.7 Å². The van der Waals surface area contributed by atoms with Crippen LogP contribution in [0.5, 0.6) is 5.75 Å². The fourth-order valence-corrected chi connectivity index (χ4v) is 4.25. The Morgan fingerprint density at radius 2 is 1.67 bits per heavy atom. The van der Waals surface area contributed by atoms with E-state index in [9.17, 15) is 24.3 Å². The van der Waals surface area contributed by atoms with Crippen LogP contribution in [-0.2, 0) is 36.9 Å². The van der Waals surface area contributed by atoms with E-state index in [1.165, 1.54) is 23.1 Å². The van der Waals surface area contributed by atoms with Crippen molar-refractivity contribution >= 4 is 35.4 Å². The number of carbonyl (C=O) groups is 4. The number of benzene rings is 2. The lowest BCUT2D eigenvalue weighted by Crippen LogP contribution is -2.54. The fraction of sp³-hybridized carbons (Fsp3) is 0.469. The van der Waals surface area contributed by atoms with Crippen LogP contribution in [0.4, 0.5) is 21.0 Å². The molecule has 0 bridgehead atoms. The van der Waals surface area contributed by atoms with Gasteiger partial charge in [0.1, 0.15) is 17.0 Å². The van der Waals surface area contributed by atoms with Gasteiger partial charge in [-0.3, -0.25) is 9.59 Å². The molecule has 0 spiro atoms. The molecule has 0 unspecified atom stereocenters. The smallest absolute Gasteiger partial charge is 0.420 e. The van der Waals surface area contributed by atoms with Gasteiger partial charge in [0.2, 0.25) is 0 Å². The van der Waals surface area contributed by atoms with Crippen LogP contribution in [0.15, 0.2) is 42.5 Å². The quantitative estimate of drug-likeness (QED) is 0.401. The summed E-state index contributed by atoms with van der Waals surface area (Å²) in [6, 6.07) is 11.4. The summed E-state index contributed by atoms with van der Waals surface area (Å²) in [5.74, 6) is -0.793. The minimum Gasteiger partial charge on any atom is -0.497 e. The topological polar surface area (TPSA) is 148 Å². The van der Waals surface area contributed by atoms with Gasteiger partial charge in [0.15, 0.2) is 17.9 Å². The lowest BCUT2D eigenvalue weighted by atomic mass is 10.1. The first-order valence-electron chi connectivity index (χ1n) is 14.3. The van der Waals surface area contributed by atoms with Gasteiger partial charge in [0, 0.05) is 18.8 Å². The number of anilines is 1. The van der Waals surface area contributed by atoms with Gasteiger partial charge in [0.05, 0.1) is 26.8 Å². The van der Waals surface area contributed by atoms with Crippen molar-refractivity contribution in [2.24, 2.45) is 0 Å². The van der Waals surface area contributed by atoms with E-state index in [2.05, 4.69) is 10.2 Å². The van der Waals surface area contributed by atoms with Crippen molar-refractivity contribution in [1.82, 2.24) is 9.80 Å². The van der Waals surface area contributed by atoms with Crippen LogP contribution >= 0.6 is 0 Å². The van der Waals surface area contributed by atoms with Gasteiger partial charge in [-0.1, -0.05) is 18.2 Å². The largest absolute Gasteiger partial charge is 0.497 e. The Labute approximate surface area is 262 Å². The van der Waals surface area contributed by atoms with Crippen molar-refractivity contribution < 1.29 is 43.2 Å². The third-order valence-electron chi connectivity index (χ3n) is 6.33. The molecule has 13 nitrogen and oxygen atoms in total. The highest BCUT2D eigenvalue weighted by molar-refractivity contribution is 5.99. The predicted octanol–water partition coefficient (Wildman–Crippen LogP) is 4.65. The Kier molecular flexibility index (Phi) is 11.1. The molecule has 242 valence electrons. The highest BCUT2D eigenvalue weighted by Gasteiger charge is 2.39. The summed E-state index contributed by atoms with van der Waals surface area (Å²) in [6.07, 6.45) is -5.25. The maximum absolute atomic E-state index is 13.1. The first-order valence-corrected chi connectivity index (χ1v) is 14.3. The number of rotatable bonds is 8. The zero-order chi connectivity index (χ0) is 33.5. The molecule has 2 atom stereocenters. The molecule has 1 aliphatic rings. The Hall–Kier alpha value is -4.67. The van der Waals surface area contributed by atoms with Crippen LogP contribution in [0.25, 0.3) is 4.85 Å². The van der Waals surface area contributed by atoms with Crippen LogP contribution in [0.3, 0.4) is 0 Å². The normalized spacial score (nSPS) is 15.8. The summed E-state index contributed by atoms with van der Waals surface area (Å²) in [5, 5.41) is 13.4. The third kappa shape index (κ3) is 9.92. The average molecular weight is 625 g/mol. The second kappa shape index (κ2) is 14.4. The molecular weight excluding hydrogens is 584 g/mol. The lowest BCUT2D eigenvalue weighted by Gasteiger charge is -2.34. The van der Waals surface area contributed by atoms with E-state index < -0.39 is 54.0 Å². The summed E-state index contributed by atoms with van der Waals surface area (Å²) in [4.78, 5) is 57.9. The second-order valence-electron chi connectivity index (χ2n) is 12.3. The molecule has 1 saturated heterocycles. The molecule has 1 aliphatic heterocycles. The molecule has 0 saturated carbocycles. The van der Waals surface area contributed by atoms with Gasteiger partial charge in [-0.15, -0.1) is 0 Å². The number of carbonyl (C=O) groups excluding carboxylic acids is 4. The van der Waals surface area contributed by atoms with Gasteiger partial charge in [-0.05, 0) is 76.9 Å². The summed E-state index contributed by atoms with van der Waals surface area (Å²) in [7, 11) is 1.56. The summed E-state index contributed by atoms with van der Waals surface area (Å²) in [6.45, 7) is 17.7. The molecule has 2 aromatic rings. The van der Waals surface area contributed by atoms with E-state index in [1.54, 1.807) is 60.8 Å². The van der Waals surface area contributed by atoms with E-state index in [0.29, 0.717) is 5.75 Å². The first kappa shape index (κ1) is 34.8. The van der Waals surface area contributed by atoms with Crippen LogP contribution < -0.4 is 10.1 Å². The minimum absolute atomic E-state index is 0.102. The number of hydrogen-bond donors (Lipinski definition) is 2. The molecule has 3 rings (SSSR count). The zero-order valence-electron chi connectivity index (χ0n) is 26.6. The van der Waals surface area contributed by atoms with Gasteiger partial charge >= 0.3 is 12.2 Å². The number of morpholine rings is 1. The molecular formula is C32H40N4O9. The van der Waals surface area contributed by atoms with Gasteiger partial charge in [0.25, 0.3) is 11.8 Å². The highest BCUT2D eigenvalue weighted by atomic mass is 16.6. The van der Waals surface area contributed by atoms with Crippen LogP contribution in [0, 0.1) is 6.57 Å². The lowest BCUT2D eigenvalue weighted by molar-refractivity contribution is -0.166. The number of aliphatic hydroxyl groups is 1. The zero-order valence-corrected chi connectivity index (χ0v) is 26.6. The van der Waals surface area contributed by atoms with Crippen LogP contribution in [0.2, 0.25) is 0 Å². The Morgan fingerprint density at radius 1 is 1.07 bits per heavy atom. The maximum Gasteiger partial charge on any atom is 0.420 e. The summed E-state index contributed by atoms with van der Waals surface area (Å²) < 4.78 is 21.4. The van der Waals surface area contributed by atoms with Gasteiger partial charge < -0.3 is 34.3 Å². The van der Waals surface area contributed by atoms with E-state index in [0.717, 1.165) is 10.5 Å². The summed E-state index contributed by atoms with van der Waals surface area (Å²) >= 11 is 0. The van der Waals surface area contributed by atoms with Crippen molar-refractivity contribution in [3.8, 4) is 5.75 Å². The monoisotopic (exact) mass is 624 g/mol. The molecule has 1 fully saturated rings. The Morgan fingerprint density at radius 3 is 2.20 bits per heavy atom. The van der Waals surface area contributed by atoms with Gasteiger partial charge in [-0.2, -0.15) is 0 Å². The standard InChI is InChI=1S/C32H40N4O9/c1-31(2,3)44-29(40)36(30(41)45-32(4,5)6)19-21-17-22(11-14-24(21)33-7)34-27(38)25(37)26-28(39)35(15-16-43-26)18-20-9-12-23(42-8)13-10-20/h9-14,17,25-26,37H,15-16,18-19H2,1-6,8H3,(H,34,38)/t25-,26-/m1/s1.